The lowest BCUT2D eigenvalue weighted by Crippen LogP contribution is -2.41. The van der Waals surface area contributed by atoms with E-state index in [4.69, 9.17) is 9.31 Å². The standard InChI is InChI=1S/C16H29BO2/c1-13(2)11-8-9-16(13,7)12(10-11)17-18-14(3,4)15(5,6)19-17/h11-12H,8-10H2,1-7H3. The molecule has 3 heteroatoms. The molecular weight excluding hydrogens is 235 g/mol. The summed E-state index contributed by atoms with van der Waals surface area (Å²) in [5.41, 5.74) is 0.417. The minimum atomic E-state index is -0.194. The minimum Gasteiger partial charge on any atom is -0.403 e. The zero-order valence-electron chi connectivity index (χ0n) is 13.7. The molecule has 2 saturated carbocycles. The molecule has 2 nitrogen and oxygen atoms in total. The van der Waals surface area contributed by atoms with Crippen molar-refractivity contribution in [2.24, 2.45) is 16.7 Å². The molecule has 2 bridgehead atoms. The molecule has 108 valence electrons. The van der Waals surface area contributed by atoms with Gasteiger partial charge in [-0.1, -0.05) is 20.8 Å². The maximum absolute atomic E-state index is 6.34. The lowest BCUT2D eigenvalue weighted by molar-refractivity contribution is 0.00578. The van der Waals surface area contributed by atoms with Crippen molar-refractivity contribution in [3.63, 3.8) is 0 Å². The second-order valence-corrected chi connectivity index (χ2v) is 8.84. The summed E-state index contributed by atoms with van der Waals surface area (Å²) in [4.78, 5) is 0. The van der Waals surface area contributed by atoms with Crippen LogP contribution in [0.3, 0.4) is 0 Å². The summed E-state index contributed by atoms with van der Waals surface area (Å²) in [6.45, 7) is 16.0. The number of fused-ring (bicyclic) bond motifs is 2. The molecule has 3 rings (SSSR count). The molecule has 0 spiro atoms. The monoisotopic (exact) mass is 264 g/mol. The summed E-state index contributed by atoms with van der Waals surface area (Å²) in [5, 5.41) is 0. The molecule has 3 atom stereocenters. The van der Waals surface area contributed by atoms with Crippen LogP contribution in [-0.2, 0) is 9.31 Å². The van der Waals surface area contributed by atoms with Crippen LogP contribution in [0.2, 0.25) is 5.82 Å². The first-order chi connectivity index (χ1) is 8.51. The average molecular weight is 264 g/mol. The van der Waals surface area contributed by atoms with Crippen molar-refractivity contribution in [2.45, 2.75) is 84.7 Å². The molecule has 0 N–H and O–H groups in total. The van der Waals surface area contributed by atoms with Crippen molar-refractivity contribution in [3.05, 3.63) is 0 Å². The third-order valence-electron chi connectivity index (χ3n) is 7.46. The fourth-order valence-corrected chi connectivity index (χ4v) is 4.73. The van der Waals surface area contributed by atoms with Crippen LogP contribution in [0, 0.1) is 16.7 Å². The van der Waals surface area contributed by atoms with Gasteiger partial charge < -0.3 is 9.31 Å². The highest BCUT2D eigenvalue weighted by Gasteiger charge is 2.67. The van der Waals surface area contributed by atoms with Gasteiger partial charge in [-0.2, -0.15) is 0 Å². The fraction of sp³-hybridized carbons (Fsp3) is 1.00. The van der Waals surface area contributed by atoms with Crippen LogP contribution in [0.25, 0.3) is 0 Å². The third kappa shape index (κ3) is 1.58. The first kappa shape index (κ1) is 13.9. The maximum atomic E-state index is 6.34. The minimum absolute atomic E-state index is 0.0143. The molecule has 3 fully saturated rings. The second kappa shape index (κ2) is 3.60. The van der Waals surface area contributed by atoms with Gasteiger partial charge in [0.2, 0.25) is 0 Å². The highest BCUT2D eigenvalue weighted by molar-refractivity contribution is 6.48. The predicted molar refractivity (Wildman–Crippen MR) is 79.1 cm³/mol. The van der Waals surface area contributed by atoms with Gasteiger partial charge in [-0.05, 0) is 63.7 Å². The summed E-state index contributed by atoms with van der Waals surface area (Å²) in [7, 11) is -0.0143. The number of hydrogen-bond donors (Lipinski definition) is 0. The van der Waals surface area contributed by atoms with Gasteiger partial charge in [0.25, 0.3) is 0 Å². The summed E-state index contributed by atoms with van der Waals surface area (Å²) in [6, 6.07) is 0. The quantitative estimate of drug-likeness (QED) is 0.657. The van der Waals surface area contributed by atoms with E-state index < -0.39 is 0 Å². The smallest absolute Gasteiger partial charge is 0.403 e. The summed E-state index contributed by atoms with van der Waals surface area (Å²) < 4.78 is 12.7. The highest BCUT2D eigenvalue weighted by atomic mass is 16.7. The van der Waals surface area contributed by atoms with E-state index in [1.54, 1.807) is 0 Å². The molecule has 2 aliphatic carbocycles. The molecule has 0 aromatic heterocycles. The highest BCUT2D eigenvalue weighted by Crippen LogP contribution is 2.72. The molecule has 1 aliphatic heterocycles. The normalized spacial score (nSPS) is 45.9. The molecule has 0 aromatic carbocycles. The molecule has 19 heavy (non-hydrogen) atoms. The van der Waals surface area contributed by atoms with Gasteiger partial charge >= 0.3 is 7.12 Å². The van der Waals surface area contributed by atoms with Crippen LogP contribution in [0.1, 0.15) is 67.7 Å². The van der Waals surface area contributed by atoms with E-state index in [9.17, 15) is 0 Å². The van der Waals surface area contributed by atoms with Crippen molar-refractivity contribution in [3.8, 4) is 0 Å². The van der Waals surface area contributed by atoms with Crippen LogP contribution in [0.4, 0.5) is 0 Å². The van der Waals surface area contributed by atoms with Crippen LogP contribution >= 0.6 is 0 Å². The van der Waals surface area contributed by atoms with E-state index in [2.05, 4.69) is 48.5 Å². The number of hydrogen-bond acceptors (Lipinski definition) is 2. The molecule has 1 heterocycles. The average Bonchev–Trinajstić information content (AvgIpc) is 2.68. The summed E-state index contributed by atoms with van der Waals surface area (Å²) in [6.07, 6.45) is 4.00. The Morgan fingerprint density at radius 1 is 0.895 bits per heavy atom. The van der Waals surface area contributed by atoms with Gasteiger partial charge in [-0.25, -0.2) is 0 Å². The van der Waals surface area contributed by atoms with E-state index in [1.165, 1.54) is 19.3 Å². The van der Waals surface area contributed by atoms with Gasteiger partial charge in [0.1, 0.15) is 0 Å². The molecule has 3 aliphatic rings. The van der Waals surface area contributed by atoms with Crippen molar-refractivity contribution in [1.82, 2.24) is 0 Å². The predicted octanol–water partition coefficient (Wildman–Crippen LogP) is 4.30. The zero-order valence-corrected chi connectivity index (χ0v) is 13.7. The van der Waals surface area contributed by atoms with E-state index in [0.717, 1.165) is 5.92 Å². The fourth-order valence-electron chi connectivity index (χ4n) is 4.73. The Labute approximate surface area is 118 Å². The molecule has 0 aromatic rings. The first-order valence-electron chi connectivity index (χ1n) is 7.87. The Hall–Kier alpha value is -0.0151. The van der Waals surface area contributed by atoms with Crippen molar-refractivity contribution in [2.75, 3.05) is 0 Å². The van der Waals surface area contributed by atoms with Crippen molar-refractivity contribution < 1.29 is 9.31 Å². The molecular formula is C16H29BO2. The zero-order chi connectivity index (χ0) is 14.3. The molecule has 0 amide bonds. The number of rotatable bonds is 1. The topological polar surface area (TPSA) is 18.5 Å². The Morgan fingerprint density at radius 3 is 1.79 bits per heavy atom. The SMILES string of the molecule is CC1(C)OB(C2CC3CCC2(C)C3(C)C)OC1(C)C. The van der Waals surface area contributed by atoms with Crippen LogP contribution in [-0.4, -0.2) is 18.3 Å². The largest absolute Gasteiger partial charge is 0.461 e. The van der Waals surface area contributed by atoms with Crippen molar-refractivity contribution in [1.29, 1.82) is 0 Å². The van der Waals surface area contributed by atoms with E-state index in [-0.39, 0.29) is 18.3 Å². The lowest BCUT2D eigenvalue weighted by Gasteiger charge is -2.40. The van der Waals surface area contributed by atoms with E-state index in [0.29, 0.717) is 16.6 Å². The Kier molecular flexibility index (Phi) is 2.64. The Balaban J connectivity index is 1.87. The van der Waals surface area contributed by atoms with Crippen molar-refractivity contribution >= 4 is 7.12 Å². The van der Waals surface area contributed by atoms with Gasteiger partial charge in [0.05, 0.1) is 11.2 Å². The lowest BCUT2D eigenvalue weighted by atomic mass is 9.54. The first-order valence-corrected chi connectivity index (χ1v) is 7.87. The van der Waals surface area contributed by atoms with E-state index in [1.807, 2.05) is 0 Å². The molecule has 3 unspecified atom stereocenters. The van der Waals surface area contributed by atoms with Crippen LogP contribution in [0.15, 0.2) is 0 Å². The molecule has 0 radical (unpaired) electrons. The van der Waals surface area contributed by atoms with Crippen LogP contribution in [0.5, 0.6) is 0 Å². The van der Waals surface area contributed by atoms with E-state index >= 15 is 0 Å². The Bertz CT molecular complexity index is 386. The Morgan fingerprint density at radius 2 is 1.42 bits per heavy atom. The summed E-state index contributed by atoms with van der Waals surface area (Å²) in [5.74, 6) is 1.41. The van der Waals surface area contributed by atoms with Gasteiger partial charge in [0, 0.05) is 5.82 Å². The van der Waals surface area contributed by atoms with Gasteiger partial charge in [0.15, 0.2) is 0 Å². The summed E-state index contributed by atoms with van der Waals surface area (Å²) >= 11 is 0. The second-order valence-electron chi connectivity index (χ2n) is 8.84. The maximum Gasteiger partial charge on any atom is 0.461 e. The molecule has 1 saturated heterocycles. The third-order valence-corrected chi connectivity index (χ3v) is 7.46. The van der Waals surface area contributed by atoms with Gasteiger partial charge in [-0.15, -0.1) is 0 Å². The van der Waals surface area contributed by atoms with Gasteiger partial charge in [-0.3, -0.25) is 0 Å². The van der Waals surface area contributed by atoms with Crippen LogP contribution < -0.4 is 0 Å².